The van der Waals surface area contributed by atoms with Crippen LogP contribution in [0.4, 0.5) is 0 Å². The molecule has 0 atom stereocenters. The number of rotatable bonds is 5. The fourth-order valence-corrected chi connectivity index (χ4v) is 2.06. The molecule has 0 aliphatic carbocycles. The highest BCUT2D eigenvalue weighted by atomic mass is 16.5. The van der Waals surface area contributed by atoms with Crippen LogP contribution in [-0.4, -0.2) is 40.1 Å². The number of aryl methyl sites for hydroxylation is 2. The molecule has 7 heteroatoms. The number of hydrogen-bond donors (Lipinski definition) is 1. The minimum atomic E-state index is -0.284. The molecule has 1 amide bonds. The highest BCUT2D eigenvalue weighted by Crippen LogP contribution is 2.11. The van der Waals surface area contributed by atoms with Crippen LogP contribution in [0.5, 0.6) is 0 Å². The zero-order chi connectivity index (χ0) is 15.4. The van der Waals surface area contributed by atoms with Crippen molar-refractivity contribution in [3.63, 3.8) is 0 Å². The van der Waals surface area contributed by atoms with Gasteiger partial charge in [0, 0.05) is 24.4 Å². The van der Waals surface area contributed by atoms with E-state index >= 15 is 0 Å². The Hall–Kier alpha value is -2.44. The summed E-state index contributed by atoms with van der Waals surface area (Å²) in [6.07, 6.45) is 2.32. The molecule has 0 aliphatic rings. The molecule has 0 spiro atoms. The molecule has 0 radical (unpaired) electrons. The Kier molecular flexibility index (Phi) is 4.52. The molecule has 0 aliphatic heterocycles. The fourth-order valence-electron chi connectivity index (χ4n) is 2.06. The van der Waals surface area contributed by atoms with Crippen molar-refractivity contribution in [2.75, 3.05) is 13.7 Å². The number of aromatic nitrogens is 3. The monoisotopic (exact) mass is 290 g/mol. The third-order valence-corrected chi connectivity index (χ3v) is 3.09. The lowest BCUT2D eigenvalue weighted by atomic mass is 10.2. The normalized spacial score (nSPS) is 10.6. The number of hydrogen-bond acceptors (Lipinski definition) is 5. The van der Waals surface area contributed by atoms with Crippen molar-refractivity contribution >= 4 is 17.5 Å². The molecule has 0 bridgehead atoms. The molecule has 21 heavy (non-hydrogen) atoms. The molecular formula is C14H18N4O3. The Morgan fingerprint density at radius 3 is 2.86 bits per heavy atom. The van der Waals surface area contributed by atoms with Gasteiger partial charge >= 0.3 is 5.97 Å². The predicted octanol–water partition coefficient (Wildman–Crippen LogP) is 1.03. The highest BCUT2D eigenvalue weighted by molar-refractivity contribution is 5.99. The number of methoxy groups -OCH3 is 1. The Bertz CT molecular complexity index is 678. The van der Waals surface area contributed by atoms with E-state index in [4.69, 9.17) is 0 Å². The van der Waals surface area contributed by atoms with Gasteiger partial charge < -0.3 is 10.1 Å². The molecule has 2 heterocycles. The lowest BCUT2D eigenvalue weighted by molar-refractivity contribution is -0.140. The van der Waals surface area contributed by atoms with Crippen molar-refractivity contribution in [2.45, 2.75) is 26.7 Å². The second-order valence-electron chi connectivity index (χ2n) is 4.77. The molecule has 0 saturated carbocycles. The van der Waals surface area contributed by atoms with Crippen molar-refractivity contribution < 1.29 is 14.3 Å². The van der Waals surface area contributed by atoms with E-state index in [0.717, 1.165) is 11.4 Å². The Morgan fingerprint density at radius 1 is 1.38 bits per heavy atom. The van der Waals surface area contributed by atoms with Crippen molar-refractivity contribution in [1.82, 2.24) is 19.9 Å². The average Bonchev–Trinajstić information content (AvgIpc) is 2.87. The Balaban J connectivity index is 2.05. The summed E-state index contributed by atoms with van der Waals surface area (Å²) in [5, 5.41) is 6.92. The van der Waals surface area contributed by atoms with E-state index < -0.39 is 0 Å². The van der Waals surface area contributed by atoms with Crippen molar-refractivity contribution in [1.29, 1.82) is 0 Å². The number of fused-ring (bicyclic) bond motifs is 1. The van der Waals surface area contributed by atoms with E-state index in [1.807, 2.05) is 19.9 Å². The third kappa shape index (κ3) is 3.36. The molecule has 112 valence electrons. The lowest BCUT2D eigenvalue weighted by Gasteiger charge is -2.04. The number of ether oxygens (including phenoxy) is 1. The van der Waals surface area contributed by atoms with Crippen LogP contribution >= 0.6 is 0 Å². The van der Waals surface area contributed by atoms with Gasteiger partial charge in [-0.2, -0.15) is 5.10 Å². The van der Waals surface area contributed by atoms with E-state index in [1.165, 1.54) is 13.3 Å². The largest absolute Gasteiger partial charge is 0.469 e. The molecule has 2 rings (SSSR count). The van der Waals surface area contributed by atoms with E-state index in [2.05, 4.69) is 20.1 Å². The molecule has 0 unspecified atom stereocenters. The lowest BCUT2D eigenvalue weighted by Crippen LogP contribution is -2.25. The average molecular weight is 290 g/mol. The molecule has 0 saturated heterocycles. The minimum Gasteiger partial charge on any atom is -0.469 e. The van der Waals surface area contributed by atoms with Gasteiger partial charge in [-0.25, -0.2) is 9.50 Å². The van der Waals surface area contributed by atoms with Crippen LogP contribution in [-0.2, 0) is 9.53 Å². The molecule has 0 aromatic carbocycles. The van der Waals surface area contributed by atoms with Crippen LogP contribution in [0.3, 0.4) is 0 Å². The first-order valence-electron chi connectivity index (χ1n) is 6.70. The van der Waals surface area contributed by atoms with Crippen LogP contribution in [0.25, 0.3) is 5.65 Å². The first kappa shape index (κ1) is 15.0. The van der Waals surface area contributed by atoms with Gasteiger partial charge in [0.25, 0.3) is 5.91 Å². The third-order valence-electron chi connectivity index (χ3n) is 3.09. The molecule has 1 N–H and O–H groups in total. The number of carbonyl (C=O) groups excluding carboxylic acids is 2. The molecule has 7 nitrogen and oxygen atoms in total. The summed E-state index contributed by atoms with van der Waals surface area (Å²) in [7, 11) is 1.34. The summed E-state index contributed by atoms with van der Waals surface area (Å²) in [5.74, 6) is -0.527. The molecule has 2 aromatic heterocycles. The summed E-state index contributed by atoms with van der Waals surface area (Å²) in [6, 6.07) is 1.90. The maximum Gasteiger partial charge on any atom is 0.305 e. The quantitative estimate of drug-likeness (QED) is 0.656. The maximum atomic E-state index is 12.1. The summed E-state index contributed by atoms with van der Waals surface area (Å²) in [4.78, 5) is 27.5. The number of carbonyl (C=O) groups is 2. The van der Waals surface area contributed by atoms with Gasteiger partial charge in [-0.3, -0.25) is 9.59 Å². The first-order chi connectivity index (χ1) is 10.0. The summed E-state index contributed by atoms with van der Waals surface area (Å²) >= 11 is 0. The Labute approximate surface area is 122 Å². The van der Waals surface area contributed by atoms with Crippen LogP contribution in [0.15, 0.2) is 12.3 Å². The fraction of sp³-hybridized carbons (Fsp3) is 0.429. The number of esters is 1. The number of nitrogens with zero attached hydrogens (tertiary/aromatic N) is 3. The topological polar surface area (TPSA) is 85.6 Å². The zero-order valence-electron chi connectivity index (χ0n) is 12.3. The van der Waals surface area contributed by atoms with Crippen LogP contribution in [0, 0.1) is 13.8 Å². The zero-order valence-corrected chi connectivity index (χ0v) is 12.3. The second kappa shape index (κ2) is 6.34. The standard InChI is InChI=1S/C14H18N4O3/c1-9-7-10(2)18-13(17-9)11(8-16-18)14(20)15-6-4-5-12(19)21-3/h7-8H,4-6H2,1-3H3,(H,15,20). The Morgan fingerprint density at radius 2 is 2.14 bits per heavy atom. The van der Waals surface area contributed by atoms with E-state index in [1.54, 1.807) is 4.52 Å². The number of nitrogens with one attached hydrogen (secondary N) is 1. The van der Waals surface area contributed by atoms with Crippen molar-refractivity contribution in [2.24, 2.45) is 0 Å². The van der Waals surface area contributed by atoms with Gasteiger partial charge in [0.05, 0.1) is 13.3 Å². The minimum absolute atomic E-state index is 0.243. The van der Waals surface area contributed by atoms with Crippen molar-refractivity contribution in [3.05, 3.63) is 29.2 Å². The summed E-state index contributed by atoms with van der Waals surface area (Å²) in [6.45, 7) is 4.18. The summed E-state index contributed by atoms with van der Waals surface area (Å²) < 4.78 is 6.17. The molecule has 0 fully saturated rings. The maximum absolute atomic E-state index is 12.1. The van der Waals surface area contributed by atoms with Crippen LogP contribution in [0.1, 0.15) is 34.6 Å². The summed E-state index contributed by atoms with van der Waals surface area (Å²) in [5.41, 5.74) is 2.72. The SMILES string of the molecule is COC(=O)CCCNC(=O)c1cnn2c(C)cc(C)nc12. The van der Waals surface area contributed by atoms with Crippen LogP contribution < -0.4 is 5.32 Å². The van der Waals surface area contributed by atoms with Gasteiger partial charge in [0.2, 0.25) is 0 Å². The molecular weight excluding hydrogens is 272 g/mol. The van der Waals surface area contributed by atoms with Crippen molar-refractivity contribution in [3.8, 4) is 0 Å². The van der Waals surface area contributed by atoms with E-state index in [9.17, 15) is 9.59 Å². The van der Waals surface area contributed by atoms with Gasteiger partial charge in [0.15, 0.2) is 5.65 Å². The van der Waals surface area contributed by atoms with Gasteiger partial charge in [-0.1, -0.05) is 0 Å². The number of amides is 1. The highest BCUT2D eigenvalue weighted by Gasteiger charge is 2.15. The van der Waals surface area contributed by atoms with Crippen LogP contribution in [0.2, 0.25) is 0 Å². The second-order valence-corrected chi connectivity index (χ2v) is 4.77. The van der Waals surface area contributed by atoms with Gasteiger partial charge in [-0.05, 0) is 26.3 Å². The van der Waals surface area contributed by atoms with E-state index in [0.29, 0.717) is 24.2 Å². The van der Waals surface area contributed by atoms with Gasteiger partial charge in [-0.15, -0.1) is 0 Å². The molecule has 2 aromatic rings. The predicted molar refractivity (Wildman–Crippen MR) is 76.0 cm³/mol. The van der Waals surface area contributed by atoms with Gasteiger partial charge in [0.1, 0.15) is 5.56 Å². The first-order valence-corrected chi connectivity index (χ1v) is 6.70. The van der Waals surface area contributed by atoms with E-state index in [-0.39, 0.29) is 18.3 Å². The smallest absolute Gasteiger partial charge is 0.305 e.